The normalized spacial score (nSPS) is 14.6. The average molecular weight is 326 g/mol. The average Bonchev–Trinajstić information content (AvgIpc) is 2.36. The Hall–Kier alpha value is -0.800. The first kappa shape index (κ1) is 12.2. The van der Waals surface area contributed by atoms with Crippen LogP contribution in [0, 0.1) is 0 Å². The lowest BCUT2D eigenvalue weighted by atomic mass is 9.93. The van der Waals surface area contributed by atoms with Crippen molar-refractivity contribution in [1.29, 1.82) is 0 Å². The van der Waals surface area contributed by atoms with Crippen molar-refractivity contribution in [2.45, 2.75) is 25.7 Å². The van der Waals surface area contributed by atoms with Crippen LogP contribution in [0.3, 0.4) is 0 Å². The molecule has 4 heteroatoms. The largest absolute Gasteiger partial charge is 0.387 e. The van der Waals surface area contributed by atoms with E-state index in [2.05, 4.69) is 27.3 Å². The van der Waals surface area contributed by atoms with Gasteiger partial charge in [0.05, 0.1) is 10.5 Å². The van der Waals surface area contributed by atoms with Gasteiger partial charge in [-0.1, -0.05) is 27.5 Å². The fraction of sp³-hybridized carbons (Fsp3) is 0.357. The number of pyridine rings is 1. The smallest absolute Gasteiger partial charge is 0.0913 e. The lowest BCUT2D eigenvalue weighted by molar-refractivity contribution is 0.672. The Morgan fingerprint density at radius 2 is 2.06 bits per heavy atom. The van der Waals surface area contributed by atoms with E-state index in [-0.39, 0.29) is 0 Å². The zero-order valence-corrected chi connectivity index (χ0v) is 12.5. The standard InChI is InChI=1S/C14H14BrClN2/c1-17-13-9-4-2-3-5-12(9)18-14-10(13)6-8(15)7-11(14)16/h6-7H,2-5H2,1H3,(H,17,18). The van der Waals surface area contributed by atoms with Gasteiger partial charge in [-0.15, -0.1) is 0 Å². The van der Waals surface area contributed by atoms with Crippen molar-refractivity contribution in [3.63, 3.8) is 0 Å². The van der Waals surface area contributed by atoms with E-state index in [1.54, 1.807) is 0 Å². The molecule has 0 aliphatic heterocycles. The fourth-order valence-electron chi connectivity index (χ4n) is 2.74. The van der Waals surface area contributed by atoms with E-state index in [4.69, 9.17) is 16.6 Å². The Labute approximate surface area is 120 Å². The van der Waals surface area contributed by atoms with E-state index in [0.29, 0.717) is 5.02 Å². The maximum Gasteiger partial charge on any atom is 0.0913 e. The molecule has 2 aromatic rings. The summed E-state index contributed by atoms with van der Waals surface area (Å²) in [6, 6.07) is 4.00. The van der Waals surface area contributed by atoms with Gasteiger partial charge in [-0.2, -0.15) is 0 Å². The molecule has 3 rings (SSSR count). The summed E-state index contributed by atoms with van der Waals surface area (Å²) < 4.78 is 0.994. The van der Waals surface area contributed by atoms with Crippen LogP contribution in [-0.2, 0) is 12.8 Å². The quantitative estimate of drug-likeness (QED) is 0.830. The molecule has 0 radical (unpaired) electrons. The number of fused-ring (bicyclic) bond motifs is 2. The number of aryl methyl sites for hydroxylation is 1. The number of benzene rings is 1. The topological polar surface area (TPSA) is 24.9 Å². The third-order valence-corrected chi connectivity index (χ3v) is 4.28. The van der Waals surface area contributed by atoms with Crippen molar-refractivity contribution in [2.24, 2.45) is 0 Å². The second-order valence-electron chi connectivity index (χ2n) is 4.65. The first-order valence-corrected chi connectivity index (χ1v) is 7.36. The number of hydrogen-bond acceptors (Lipinski definition) is 2. The third-order valence-electron chi connectivity index (χ3n) is 3.53. The summed E-state index contributed by atoms with van der Waals surface area (Å²) in [7, 11) is 1.97. The van der Waals surface area contributed by atoms with E-state index in [1.165, 1.54) is 29.8 Å². The molecule has 1 aliphatic carbocycles. The molecule has 0 saturated heterocycles. The second kappa shape index (κ2) is 4.71. The van der Waals surface area contributed by atoms with Crippen molar-refractivity contribution < 1.29 is 0 Å². The van der Waals surface area contributed by atoms with Gasteiger partial charge in [0.15, 0.2) is 0 Å². The summed E-state index contributed by atoms with van der Waals surface area (Å²) in [5.74, 6) is 0. The Morgan fingerprint density at radius 3 is 2.83 bits per heavy atom. The zero-order valence-electron chi connectivity index (χ0n) is 10.2. The highest BCUT2D eigenvalue weighted by molar-refractivity contribution is 9.10. The third kappa shape index (κ3) is 1.90. The Balaban J connectivity index is 2.40. The van der Waals surface area contributed by atoms with E-state index < -0.39 is 0 Å². The van der Waals surface area contributed by atoms with Gasteiger partial charge >= 0.3 is 0 Å². The monoisotopic (exact) mass is 324 g/mol. The summed E-state index contributed by atoms with van der Waals surface area (Å²) in [6.45, 7) is 0. The van der Waals surface area contributed by atoms with Gasteiger partial charge < -0.3 is 5.32 Å². The summed E-state index contributed by atoms with van der Waals surface area (Å²) in [5, 5.41) is 5.15. The number of nitrogens with zero attached hydrogens (tertiary/aromatic N) is 1. The predicted molar refractivity (Wildman–Crippen MR) is 80.6 cm³/mol. The summed E-state index contributed by atoms with van der Waals surface area (Å²) in [6.07, 6.45) is 4.64. The van der Waals surface area contributed by atoms with E-state index in [1.807, 2.05) is 13.1 Å². The number of halogens is 2. The maximum absolute atomic E-state index is 6.31. The van der Waals surface area contributed by atoms with Gasteiger partial charge in [0, 0.05) is 28.3 Å². The van der Waals surface area contributed by atoms with Crippen molar-refractivity contribution in [1.82, 2.24) is 4.98 Å². The molecule has 2 nitrogen and oxygen atoms in total. The minimum absolute atomic E-state index is 0.712. The molecular formula is C14H14BrClN2. The Morgan fingerprint density at radius 1 is 1.28 bits per heavy atom. The van der Waals surface area contributed by atoms with E-state index >= 15 is 0 Å². The van der Waals surface area contributed by atoms with Crippen LogP contribution in [0.4, 0.5) is 5.69 Å². The minimum Gasteiger partial charge on any atom is -0.387 e. The van der Waals surface area contributed by atoms with Crippen LogP contribution in [0.5, 0.6) is 0 Å². The lowest BCUT2D eigenvalue weighted by Gasteiger charge is -2.21. The maximum atomic E-state index is 6.31. The van der Waals surface area contributed by atoms with Crippen LogP contribution in [0.25, 0.3) is 10.9 Å². The van der Waals surface area contributed by atoms with Gasteiger partial charge in [0.2, 0.25) is 0 Å². The minimum atomic E-state index is 0.712. The molecular weight excluding hydrogens is 312 g/mol. The Bertz CT molecular complexity index is 625. The number of anilines is 1. The molecule has 0 unspecified atom stereocenters. The van der Waals surface area contributed by atoms with Crippen LogP contribution in [0.2, 0.25) is 5.02 Å². The second-order valence-corrected chi connectivity index (χ2v) is 5.98. The highest BCUT2D eigenvalue weighted by Crippen LogP contribution is 2.37. The Kier molecular flexibility index (Phi) is 3.20. The molecule has 0 atom stereocenters. The van der Waals surface area contributed by atoms with Crippen molar-refractivity contribution in [3.8, 4) is 0 Å². The number of nitrogens with one attached hydrogen (secondary N) is 1. The number of rotatable bonds is 1. The van der Waals surface area contributed by atoms with Gasteiger partial charge in [-0.3, -0.25) is 4.98 Å². The first-order valence-electron chi connectivity index (χ1n) is 6.19. The predicted octanol–water partition coefficient (Wildman–Crippen LogP) is 4.57. The molecule has 1 aliphatic rings. The molecule has 0 fully saturated rings. The summed E-state index contributed by atoms with van der Waals surface area (Å²) in [4.78, 5) is 4.77. The SMILES string of the molecule is CNc1c2c(nc3c(Cl)cc(Br)cc13)CCCC2. The molecule has 1 aromatic carbocycles. The van der Waals surface area contributed by atoms with E-state index in [9.17, 15) is 0 Å². The highest BCUT2D eigenvalue weighted by Gasteiger charge is 2.18. The molecule has 0 bridgehead atoms. The highest BCUT2D eigenvalue weighted by atomic mass is 79.9. The van der Waals surface area contributed by atoms with E-state index in [0.717, 1.165) is 28.2 Å². The molecule has 1 N–H and O–H groups in total. The molecule has 18 heavy (non-hydrogen) atoms. The van der Waals surface area contributed by atoms with Gasteiger partial charge in [-0.25, -0.2) is 0 Å². The summed E-state index contributed by atoms with van der Waals surface area (Å²) >= 11 is 9.82. The molecule has 1 aromatic heterocycles. The molecule has 1 heterocycles. The molecule has 0 saturated carbocycles. The van der Waals surface area contributed by atoms with Crippen molar-refractivity contribution in [3.05, 3.63) is 32.9 Å². The van der Waals surface area contributed by atoms with Crippen molar-refractivity contribution >= 4 is 44.1 Å². The number of aromatic nitrogens is 1. The van der Waals surface area contributed by atoms with Crippen molar-refractivity contribution in [2.75, 3.05) is 12.4 Å². The van der Waals surface area contributed by atoms with Crippen LogP contribution in [0.1, 0.15) is 24.1 Å². The zero-order chi connectivity index (χ0) is 12.7. The first-order chi connectivity index (χ1) is 8.70. The molecule has 0 spiro atoms. The molecule has 0 amide bonds. The van der Waals surface area contributed by atoms with Gasteiger partial charge in [0.1, 0.15) is 0 Å². The van der Waals surface area contributed by atoms with Gasteiger partial charge in [0.25, 0.3) is 0 Å². The number of hydrogen-bond donors (Lipinski definition) is 1. The lowest BCUT2D eigenvalue weighted by Crippen LogP contribution is -2.09. The van der Waals surface area contributed by atoms with Gasteiger partial charge in [-0.05, 0) is 43.4 Å². The fourth-order valence-corrected chi connectivity index (χ4v) is 3.59. The van der Waals surface area contributed by atoms with Crippen LogP contribution in [-0.4, -0.2) is 12.0 Å². The van der Waals surface area contributed by atoms with Crippen LogP contribution >= 0.6 is 27.5 Å². The van der Waals surface area contributed by atoms with Crippen LogP contribution < -0.4 is 5.32 Å². The molecule has 94 valence electrons. The van der Waals surface area contributed by atoms with Crippen LogP contribution in [0.15, 0.2) is 16.6 Å². The summed E-state index contributed by atoms with van der Waals surface area (Å²) in [5.41, 5.74) is 4.68.